The van der Waals surface area contributed by atoms with E-state index in [1.54, 1.807) is 15.3 Å². The Labute approximate surface area is 300 Å². The van der Waals surface area contributed by atoms with Gasteiger partial charge in [0.1, 0.15) is 30.2 Å². The standard InChI is InChI=1S/C40H50FN7O2Si/c1-26-7-6-14-46(21-26)22-31-20-33-35(27-8-9-27)23-47(40(49)38(33)48(31)25-50-15-16-51(3,4)5)37-18-29(17-36(44-37)28-10-11-28)32-13-12-30(41)19-34(32)39-42-24-43-45(39)2/h12-13,17-20,23-24,26-28H,6-11,14-16,21-22,25H2,1-5H3/t26-/m0/s1. The van der Waals surface area contributed by atoms with Crippen molar-refractivity contribution in [3.63, 3.8) is 0 Å². The van der Waals surface area contributed by atoms with Crippen molar-refractivity contribution in [3.8, 4) is 28.3 Å². The minimum Gasteiger partial charge on any atom is -0.361 e. The van der Waals surface area contributed by atoms with E-state index in [4.69, 9.17) is 9.72 Å². The molecule has 51 heavy (non-hydrogen) atoms. The number of halogens is 1. The predicted octanol–water partition coefficient (Wildman–Crippen LogP) is 8.09. The first-order chi connectivity index (χ1) is 24.5. The van der Waals surface area contributed by atoms with Crippen molar-refractivity contribution in [1.29, 1.82) is 0 Å². The van der Waals surface area contributed by atoms with E-state index < -0.39 is 8.07 Å². The number of hydrogen-bond donors (Lipinski definition) is 0. The van der Waals surface area contributed by atoms with Gasteiger partial charge in [0, 0.05) is 69.3 Å². The lowest BCUT2D eigenvalue weighted by molar-refractivity contribution is 0.0848. The number of rotatable bonds is 12. The Morgan fingerprint density at radius 3 is 2.51 bits per heavy atom. The summed E-state index contributed by atoms with van der Waals surface area (Å²) in [7, 11) is 0.522. The largest absolute Gasteiger partial charge is 0.361 e. The van der Waals surface area contributed by atoms with Crippen LogP contribution in [0.5, 0.6) is 0 Å². The third-order valence-corrected chi connectivity index (χ3v) is 12.6. The van der Waals surface area contributed by atoms with E-state index in [1.807, 2.05) is 13.1 Å². The fourth-order valence-electron chi connectivity index (χ4n) is 7.69. The van der Waals surface area contributed by atoms with Gasteiger partial charge in [0.15, 0.2) is 5.82 Å². The van der Waals surface area contributed by atoms with Gasteiger partial charge in [-0.25, -0.2) is 19.0 Å². The average Bonchev–Trinajstić information content (AvgIpc) is 4.02. The maximum absolute atomic E-state index is 15.0. The third kappa shape index (κ3) is 7.25. The van der Waals surface area contributed by atoms with Crippen LogP contribution in [0.2, 0.25) is 25.7 Å². The SMILES string of the molecule is C[C@H]1CCCN(Cc2cc3c(C4CC4)cn(-c4cc(-c5ccc(F)cc5-c5ncnn5C)cc(C5CC5)n4)c(=O)c3n2COCC[Si](C)(C)C)C1. The van der Waals surface area contributed by atoms with Crippen LogP contribution in [0.25, 0.3) is 39.2 Å². The molecule has 3 aliphatic rings. The fourth-order valence-corrected chi connectivity index (χ4v) is 8.45. The van der Waals surface area contributed by atoms with Crippen LogP contribution in [-0.4, -0.2) is 61.6 Å². The summed E-state index contributed by atoms with van der Waals surface area (Å²) in [6, 6.07) is 12.2. The van der Waals surface area contributed by atoms with Crippen molar-refractivity contribution in [2.45, 2.75) is 96.2 Å². The zero-order chi connectivity index (χ0) is 35.4. The molecule has 0 N–H and O–H groups in total. The van der Waals surface area contributed by atoms with Crippen LogP contribution < -0.4 is 5.56 Å². The molecule has 268 valence electrons. The normalized spacial score (nSPS) is 18.6. The van der Waals surface area contributed by atoms with Crippen molar-refractivity contribution >= 4 is 19.0 Å². The Kier molecular flexibility index (Phi) is 9.08. The monoisotopic (exact) mass is 707 g/mol. The van der Waals surface area contributed by atoms with E-state index >= 15 is 0 Å². The summed E-state index contributed by atoms with van der Waals surface area (Å²) in [6.07, 6.45) is 10.4. The van der Waals surface area contributed by atoms with E-state index in [9.17, 15) is 9.18 Å². The second-order valence-electron chi connectivity index (χ2n) is 16.5. The number of fused-ring (bicyclic) bond motifs is 1. The Balaban J connectivity index is 1.28. The molecule has 8 rings (SSSR count). The smallest absolute Gasteiger partial charge is 0.280 e. The second kappa shape index (κ2) is 13.6. The minimum atomic E-state index is -1.29. The first kappa shape index (κ1) is 34.2. The lowest BCUT2D eigenvalue weighted by atomic mass is 9.98. The molecule has 0 bridgehead atoms. The highest BCUT2D eigenvalue weighted by atomic mass is 28.3. The summed E-state index contributed by atoms with van der Waals surface area (Å²) in [6.45, 7) is 13.4. The summed E-state index contributed by atoms with van der Waals surface area (Å²) in [5.41, 5.74) is 6.28. The number of likely N-dealkylation sites (tertiary alicyclic amines) is 1. The van der Waals surface area contributed by atoms with Crippen molar-refractivity contribution < 1.29 is 9.13 Å². The van der Waals surface area contributed by atoms with E-state index in [0.717, 1.165) is 79.3 Å². The van der Waals surface area contributed by atoms with Crippen LogP contribution in [0.15, 0.2) is 53.7 Å². The van der Waals surface area contributed by atoms with E-state index in [-0.39, 0.29) is 11.4 Å². The van der Waals surface area contributed by atoms with Crippen LogP contribution >= 0.6 is 0 Å². The molecule has 1 aliphatic heterocycles. The summed E-state index contributed by atoms with van der Waals surface area (Å²) >= 11 is 0. The summed E-state index contributed by atoms with van der Waals surface area (Å²) in [5.74, 6) is 2.25. The Morgan fingerprint density at radius 1 is 1.00 bits per heavy atom. The van der Waals surface area contributed by atoms with Crippen molar-refractivity contribution in [2.24, 2.45) is 13.0 Å². The molecule has 2 aliphatic carbocycles. The zero-order valence-corrected chi connectivity index (χ0v) is 31.7. The van der Waals surface area contributed by atoms with Gasteiger partial charge in [0.25, 0.3) is 5.56 Å². The second-order valence-corrected chi connectivity index (χ2v) is 22.1. The molecule has 2 saturated carbocycles. The molecule has 5 aromatic rings. The number of hydrogen-bond acceptors (Lipinski definition) is 6. The number of pyridine rings is 2. The van der Waals surface area contributed by atoms with Crippen LogP contribution in [-0.2, 0) is 25.1 Å². The van der Waals surface area contributed by atoms with Crippen molar-refractivity contribution in [2.75, 3.05) is 19.7 Å². The van der Waals surface area contributed by atoms with Gasteiger partial charge in [-0.2, -0.15) is 5.10 Å². The molecule has 5 heterocycles. The zero-order valence-electron chi connectivity index (χ0n) is 30.7. The number of ether oxygens (including phenoxy) is 1. The van der Waals surface area contributed by atoms with Crippen LogP contribution in [0, 0.1) is 11.7 Å². The Bertz CT molecular complexity index is 2140. The maximum atomic E-state index is 15.0. The van der Waals surface area contributed by atoms with Gasteiger partial charge in [-0.1, -0.05) is 32.6 Å². The molecule has 0 spiro atoms. The quantitative estimate of drug-likeness (QED) is 0.0964. The highest BCUT2D eigenvalue weighted by Gasteiger charge is 2.31. The average molecular weight is 708 g/mol. The van der Waals surface area contributed by atoms with Gasteiger partial charge >= 0.3 is 0 Å². The molecule has 1 saturated heterocycles. The number of nitrogens with zero attached hydrogens (tertiary/aromatic N) is 7. The first-order valence-corrected chi connectivity index (χ1v) is 22.5. The molecule has 0 unspecified atom stereocenters. The molecular formula is C40H50FN7O2Si. The molecule has 9 nitrogen and oxygen atoms in total. The Hall–Kier alpha value is -3.93. The van der Waals surface area contributed by atoms with Crippen molar-refractivity contribution in [1.82, 2.24) is 33.8 Å². The number of benzene rings is 1. The lowest BCUT2D eigenvalue weighted by Crippen LogP contribution is -2.34. The van der Waals surface area contributed by atoms with Crippen LogP contribution in [0.1, 0.15) is 74.2 Å². The van der Waals surface area contributed by atoms with Crippen molar-refractivity contribution in [3.05, 3.63) is 82.0 Å². The summed E-state index contributed by atoms with van der Waals surface area (Å²) < 4.78 is 26.7. The van der Waals surface area contributed by atoms with E-state index in [2.05, 4.69) is 64.4 Å². The minimum absolute atomic E-state index is 0.0829. The molecule has 0 amide bonds. The number of aromatic nitrogens is 6. The molecule has 11 heteroatoms. The first-order valence-electron chi connectivity index (χ1n) is 18.8. The highest BCUT2D eigenvalue weighted by Crippen LogP contribution is 2.45. The van der Waals surface area contributed by atoms with Gasteiger partial charge in [0.05, 0.1) is 0 Å². The number of piperidine rings is 1. The van der Waals surface area contributed by atoms with Crippen LogP contribution in [0.3, 0.4) is 0 Å². The summed E-state index contributed by atoms with van der Waals surface area (Å²) in [4.78, 5) is 27.1. The Morgan fingerprint density at radius 2 is 1.80 bits per heavy atom. The summed E-state index contributed by atoms with van der Waals surface area (Å²) in [5, 5.41) is 5.30. The molecule has 1 aromatic carbocycles. The van der Waals surface area contributed by atoms with Gasteiger partial charge < -0.3 is 9.30 Å². The van der Waals surface area contributed by atoms with Gasteiger partial charge in [-0.05, 0) is 110 Å². The molecule has 1 atom stereocenters. The molecule has 0 radical (unpaired) electrons. The molecule has 4 aromatic heterocycles. The highest BCUT2D eigenvalue weighted by molar-refractivity contribution is 6.76. The lowest BCUT2D eigenvalue weighted by Gasteiger charge is -2.31. The molecular weight excluding hydrogens is 658 g/mol. The van der Waals surface area contributed by atoms with E-state index in [0.29, 0.717) is 53.8 Å². The van der Waals surface area contributed by atoms with Gasteiger partial charge in [-0.15, -0.1) is 0 Å². The third-order valence-electron chi connectivity index (χ3n) is 10.9. The van der Waals surface area contributed by atoms with E-state index in [1.165, 1.54) is 36.9 Å². The fraction of sp³-hybridized carbons (Fsp3) is 0.500. The predicted molar refractivity (Wildman–Crippen MR) is 202 cm³/mol. The van der Waals surface area contributed by atoms with Crippen LogP contribution in [0.4, 0.5) is 4.39 Å². The van der Waals surface area contributed by atoms with Gasteiger partial charge in [-0.3, -0.25) is 14.3 Å². The number of aryl methyl sites for hydroxylation is 1. The maximum Gasteiger partial charge on any atom is 0.280 e. The van der Waals surface area contributed by atoms with Gasteiger partial charge in [0.2, 0.25) is 0 Å². The topological polar surface area (TPSA) is 83.0 Å². The molecule has 3 fully saturated rings.